The van der Waals surface area contributed by atoms with Gasteiger partial charge in [-0.3, -0.25) is 0 Å². The molecule has 0 spiro atoms. The summed E-state index contributed by atoms with van der Waals surface area (Å²) in [7, 11) is 0. The molecule has 0 aliphatic carbocycles. The summed E-state index contributed by atoms with van der Waals surface area (Å²) in [5.74, 6) is 0.645. The number of rotatable bonds is 7. The number of ether oxygens (including phenoxy) is 2. The van der Waals surface area contributed by atoms with Crippen molar-refractivity contribution in [1.29, 1.82) is 0 Å². The lowest BCUT2D eigenvalue weighted by Gasteiger charge is -2.24. The van der Waals surface area contributed by atoms with Gasteiger partial charge in [-0.05, 0) is 18.3 Å². The van der Waals surface area contributed by atoms with Crippen molar-refractivity contribution in [1.82, 2.24) is 0 Å². The summed E-state index contributed by atoms with van der Waals surface area (Å²) in [5, 5.41) is 0. The van der Waals surface area contributed by atoms with Crippen molar-refractivity contribution < 1.29 is 14.3 Å². The minimum Gasteiger partial charge on any atom is -0.434 e. The Hall–Kier alpha value is -0.730. The molecule has 0 aliphatic heterocycles. The van der Waals surface area contributed by atoms with Gasteiger partial charge in [-0.1, -0.05) is 47.5 Å². The third kappa shape index (κ3) is 6.70. The van der Waals surface area contributed by atoms with E-state index in [9.17, 15) is 4.79 Å². The third-order valence-corrected chi connectivity index (χ3v) is 2.51. The lowest BCUT2D eigenvalue weighted by molar-refractivity contribution is -0.0110. The van der Waals surface area contributed by atoms with Crippen molar-refractivity contribution in [2.45, 2.75) is 60.0 Å². The molecule has 0 radical (unpaired) electrons. The van der Waals surface area contributed by atoms with Gasteiger partial charge in [-0.2, -0.15) is 0 Å². The van der Waals surface area contributed by atoms with E-state index in [1.807, 2.05) is 0 Å². The Morgan fingerprint density at radius 1 is 1.06 bits per heavy atom. The maximum absolute atomic E-state index is 11.4. The molecule has 0 heterocycles. The van der Waals surface area contributed by atoms with Crippen molar-refractivity contribution in [3.63, 3.8) is 0 Å². The number of unbranched alkanes of at least 4 members (excludes halogenated alkanes) is 2. The predicted octanol–water partition coefficient (Wildman–Crippen LogP) is 4.01. The number of carbonyl (C=O) groups excluding carboxylic acids is 1. The predicted molar refractivity (Wildman–Crippen MR) is 65.4 cm³/mol. The Kier molecular flexibility index (Phi) is 8.04. The molecule has 0 saturated carbocycles. The van der Waals surface area contributed by atoms with Crippen molar-refractivity contribution in [2.24, 2.45) is 11.8 Å². The lowest BCUT2D eigenvalue weighted by Crippen LogP contribution is -2.29. The molecule has 3 heteroatoms. The maximum Gasteiger partial charge on any atom is 0.508 e. The van der Waals surface area contributed by atoms with Crippen LogP contribution in [0.2, 0.25) is 0 Å². The summed E-state index contributed by atoms with van der Waals surface area (Å²) in [6, 6.07) is 0. The van der Waals surface area contributed by atoms with E-state index >= 15 is 0 Å². The molecule has 0 aromatic carbocycles. The van der Waals surface area contributed by atoms with Gasteiger partial charge in [0.1, 0.15) is 6.10 Å². The van der Waals surface area contributed by atoms with Gasteiger partial charge in [0.2, 0.25) is 0 Å². The fourth-order valence-electron chi connectivity index (χ4n) is 1.69. The fraction of sp³-hybridized carbons (Fsp3) is 0.923. The summed E-state index contributed by atoms with van der Waals surface area (Å²) in [6.45, 7) is 10.8. The summed E-state index contributed by atoms with van der Waals surface area (Å²) in [6.07, 6.45) is 2.55. The highest BCUT2D eigenvalue weighted by atomic mass is 16.7. The van der Waals surface area contributed by atoms with Gasteiger partial charge in [0, 0.05) is 0 Å². The third-order valence-electron chi connectivity index (χ3n) is 2.51. The Morgan fingerprint density at radius 2 is 1.62 bits per heavy atom. The van der Waals surface area contributed by atoms with E-state index in [-0.39, 0.29) is 6.10 Å². The molecule has 96 valence electrons. The van der Waals surface area contributed by atoms with E-state index in [2.05, 4.69) is 34.6 Å². The van der Waals surface area contributed by atoms with E-state index in [1.165, 1.54) is 0 Å². The van der Waals surface area contributed by atoms with Crippen LogP contribution in [0.15, 0.2) is 0 Å². The molecule has 0 aliphatic rings. The van der Waals surface area contributed by atoms with Crippen molar-refractivity contribution >= 4 is 6.16 Å². The van der Waals surface area contributed by atoms with Crippen LogP contribution in [-0.4, -0.2) is 18.9 Å². The van der Waals surface area contributed by atoms with Crippen LogP contribution in [0.25, 0.3) is 0 Å². The van der Waals surface area contributed by atoms with Crippen molar-refractivity contribution in [3.05, 3.63) is 0 Å². The maximum atomic E-state index is 11.4. The standard InChI is InChI=1S/C13H26O3/c1-6-7-8-9-15-13(14)16-12(10(2)3)11(4)5/h10-12H,6-9H2,1-5H3. The van der Waals surface area contributed by atoms with Gasteiger partial charge in [-0.25, -0.2) is 4.79 Å². The first-order valence-corrected chi connectivity index (χ1v) is 6.32. The van der Waals surface area contributed by atoms with Crippen LogP contribution in [0.5, 0.6) is 0 Å². The molecule has 0 saturated heterocycles. The number of carbonyl (C=O) groups is 1. The van der Waals surface area contributed by atoms with Crippen LogP contribution in [-0.2, 0) is 9.47 Å². The summed E-state index contributed by atoms with van der Waals surface area (Å²) >= 11 is 0. The second-order valence-electron chi connectivity index (χ2n) is 4.88. The number of hydrogen-bond acceptors (Lipinski definition) is 3. The first-order chi connectivity index (χ1) is 7.49. The topological polar surface area (TPSA) is 35.5 Å². The zero-order chi connectivity index (χ0) is 12.6. The molecule has 0 atom stereocenters. The molecule has 0 N–H and O–H groups in total. The highest BCUT2D eigenvalue weighted by molar-refractivity contribution is 5.60. The highest BCUT2D eigenvalue weighted by Gasteiger charge is 2.22. The normalized spacial score (nSPS) is 11.2. The molecule has 3 nitrogen and oxygen atoms in total. The highest BCUT2D eigenvalue weighted by Crippen LogP contribution is 2.16. The molecule has 0 bridgehead atoms. The second-order valence-corrected chi connectivity index (χ2v) is 4.88. The summed E-state index contributed by atoms with van der Waals surface area (Å²) in [5.41, 5.74) is 0. The minimum atomic E-state index is -0.525. The monoisotopic (exact) mass is 230 g/mol. The Labute approximate surface area is 99.5 Å². The zero-order valence-corrected chi connectivity index (χ0v) is 11.3. The van der Waals surface area contributed by atoms with Crippen LogP contribution >= 0.6 is 0 Å². The van der Waals surface area contributed by atoms with E-state index in [0.29, 0.717) is 18.4 Å². The van der Waals surface area contributed by atoms with Gasteiger partial charge < -0.3 is 9.47 Å². The van der Waals surface area contributed by atoms with Gasteiger partial charge >= 0.3 is 6.16 Å². The molecule has 0 aromatic heterocycles. The first kappa shape index (κ1) is 15.3. The average molecular weight is 230 g/mol. The van der Waals surface area contributed by atoms with Crippen LogP contribution < -0.4 is 0 Å². The van der Waals surface area contributed by atoms with Crippen molar-refractivity contribution in [3.8, 4) is 0 Å². The van der Waals surface area contributed by atoms with Crippen molar-refractivity contribution in [2.75, 3.05) is 6.61 Å². The quantitative estimate of drug-likeness (QED) is 0.489. The summed E-state index contributed by atoms with van der Waals surface area (Å²) in [4.78, 5) is 11.4. The van der Waals surface area contributed by atoms with E-state index in [4.69, 9.17) is 9.47 Å². The van der Waals surface area contributed by atoms with Crippen LogP contribution in [0.4, 0.5) is 4.79 Å². The molecule has 0 fully saturated rings. The van der Waals surface area contributed by atoms with Gasteiger partial charge in [0.15, 0.2) is 0 Å². The van der Waals surface area contributed by atoms with E-state index in [1.54, 1.807) is 0 Å². The SMILES string of the molecule is CCCCCOC(=O)OC(C(C)C)C(C)C. The number of hydrogen-bond donors (Lipinski definition) is 0. The van der Waals surface area contributed by atoms with E-state index < -0.39 is 6.16 Å². The van der Waals surface area contributed by atoms with Gasteiger partial charge in [-0.15, -0.1) is 0 Å². The van der Waals surface area contributed by atoms with E-state index in [0.717, 1.165) is 19.3 Å². The Bertz CT molecular complexity index is 180. The smallest absolute Gasteiger partial charge is 0.434 e. The molecule has 0 rings (SSSR count). The lowest BCUT2D eigenvalue weighted by atomic mass is 9.96. The molecule has 0 amide bonds. The van der Waals surface area contributed by atoms with Crippen LogP contribution in [0, 0.1) is 11.8 Å². The molecular formula is C13H26O3. The second kappa shape index (κ2) is 8.43. The molecule has 0 aromatic rings. The van der Waals surface area contributed by atoms with Crippen LogP contribution in [0.1, 0.15) is 53.9 Å². The first-order valence-electron chi connectivity index (χ1n) is 6.32. The van der Waals surface area contributed by atoms with Gasteiger partial charge in [0.05, 0.1) is 6.61 Å². The molecule has 16 heavy (non-hydrogen) atoms. The average Bonchev–Trinajstić information content (AvgIpc) is 2.20. The molecule has 0 unspecified atom stereocenters. The van der Waals surface area contributed by atoms with Gasteiger partial charge in [0.25, 0.3) is 0 Å². The Balaban J connectivity index is 3.83. The summed E-state index contributed by atoms with van der Waals surface area (Å²) < 4.78 is 10.3. The zero-order valence-electron chi connectivity index (χ0n) is 11.3. The largest absolute Gasteiger partial charge is 0.508 e. The Morgan fingerprint density at radius 3 is 2.06 bits per heavy atom. The van der Waals surface area contributed by atoms with Crippen LogP contribution in [0.3, 0.4) is 0 Å². The molecular weight excluding hydrogens is 204 g/mol. The fourth-order valence-corrected chi connectivity index (χ4v) is 1.69. The minimum absolute atomic E-state index is 0.0568.